The molecule has 8 nitrogen and oxygen atoms in total. The van der Waals surface area contributed by atoms with Gasteiger partial charge in [-0.1, -0.05) is 24.6 Å². The van der Waals surface area contributed by atoms with E-state index in [0.717, 1.165) is 42.3 Å². The molecule has 2 amide bonds. The van der Waals surface area contributed by atoms with Gasteiger partial charge in [-0.25, -0.2) is 4.79 Å². The number of aryl methyl sites for hydroxylation is 1. The second kappa shape index (κ2) is 9.95. The highest BCUT2D eigenvalue weighted by atomic mass is 35.5. The maximum absolute atomic E-state index is 13.4. The van der Waals surface area contributed by atoms with Crippen LogP contribution in [0.2, 0.25) is 5.02 Å². The number of nitrogens with zero attached hydrogens (tertiary/aromatic N) is 3. The summed E-state index contributed by atoms with van der Waals surface area (Å²) in [6.07, 6.45) is 3.93. The normalized spacial score (nSPS) is 18.2. The Morgan fingerprint density at radius 3 is 2.76 bits per heavy atom. The number of amides is 2. The van der Waals surface area contributed by atoms with Crippen molar-refractivity contribution in [2.24, 2.45) is 0 Å². The van der Waals surface area contributed by atoms with Gasteiger partial charge in [-0.05, 0) is 49.8 Å². The average molecular weight is 474 g/mol. The zero-order valence-electron chi connectivity index (χ0n) is 18.7. The van der Waals surface area contributed by atoms with Gasteiger partial charge in [0.25, 0.3) is 5.91 Å². The van der Waals surface area contributed by atoms with E-state index in [-0.39, 0.29) is 32.0 Å². The van der Waals surface area contributed by atoms with E-state index in [9.17, 15) is 19.5 Å². The van der Waals surface area contributed by atoms with Crippen LogP contribution < -0.4 is 0 Å². The SMILES string of the molecule is CCCOC(=O)N1CCN(C(=O)c2ccc3c(Cl)c4c(nc3c2)CCCC4)C(CC(=O)O)C1. The minimum atomic E-state index is -1.03. The molecule has 9 heteroatoms. The molecule has 1 N–H and O–H groups in total. The van der Waals surface area contributed by atoms with Crippen molar-refractivity contribution in [1.29, 1.82) is 0 Å². The molecule has 2 aromatic rings. The number of pyridine rings is 1. The van der Waals surface area contributed by atoms with Crippen LogP contribution in [0, 0.1) is 0 Å². The number of fused-ring (bicyclic) bond motifs is 2. The van der Waals surface area contributed by atoms with Crippen molar-refractivity contribution in [3.63, 3.8) is 0 Å². The lowest BCUT2D eigenvalue weighted by Crippen LogP contribution is -2.57. The van der Waals surface area contributed by atoms with E-state index in [1.54, 1.807) is 17.0 Å². The molecule has 1 aromatic heterocycles. The van der Waals surface area contributed by atoms with Gasteiger partial charge in [0.05, 0.1) is 29.6 Å². The summed E-state index contributed by atoms with van der Waals surface area (Å²) in [5.74, 6) is -1.31. The van der Waals surface area contributed by atoms with E-state index in [1.807, 2.05) is 13.0 Å². The third-order valence-corrected chi connectivity index (χ3v) is 6.71. The molecule has 33 heavy (non-hydrogen) atoms. The smallest absolute Gasteiger partial charge is 0.409 e. The fourth-order valence-corrected chi connectivity index (χ4v) is 4.97. The first-order valence-electron chi connectivity index (χ1n) is 11.4. The number of halogens is 1. The summed E-state index contributed by atoms with van der Waals surface area (Å²) in [5, 5.41) is 10.9. The Morgan fingerprint density at radius 1 is 1.21 bits per heavy atom. The summed E-state index contributed by atoms with van der Waals surface area (Å²) >= 11 is 6.65. The minimum absolute atomic E-state index is 0.117. The van der Waals surface area contributed by atoms with Gasteiger partial charge in [0.2, 0.25) is 0 Å². The van der Waals surface area contributed by atoms with Crippen molar-refractivity contribution >= 4 is 40.5 Å². The molecule has 176 valence electrons. The highest BCUT2D eigenvalue weighted by Crippen LogP contribution is 2.33. The van der Waals surface area contributed by atoms with Crippen LogP contribution in [-0.4, -0.2) is 70.1 Å². The number of benzene rings is 1. The van der Waals surface area contributed by atoms with Crippen molar-refractivity contribution < 1.29 is 24.2 Å². The molecular weight excluding hydrogens is 446 g/mol. The lowest BCUT2D eigenvalue weighted by atomic mass is 9.94. The summed E-state index contributed by atoms with van der Waals surface area (Å²) in [6, 6.07) is 4.62. The molecule has 0 bridgehead atoms. The predicted octanol–water partition coefficient (Wildman–Crippen LogP) is 3.91. The maximum Gasteiger partial charge on any atom is 0.409 e. The molecule has 2 heterocycles. The Morgan fingerprint density at radius 2 is 2.00 bits per heavy atom. The van der Waals surface area contributed by atoms with Crippen molar-refractivity contribution in [2.75, 3.05) is 26.2 Å². The molecule has 1 atom stereocenters. The van der Waals surface area contributed by atoms with E-state index >= 15 is 0 Å². The topological polar surface area (TPSA) is 100 Å². The summed E-state index contributed by atoms with van der Waals surface area (Å²) in [4.78, 5) is 44.9. The average Bonchev–Trinajstić information content (AvgIpc) is 2.81. The third-order valence-electron chi connectivity index (χ3n) is 6.28. The van der Waals surface area contributed by atoms with Crippen LogP contribution in [-0.2, 0) is 22.4 Å². The zero-order valence-corrected chi connectivity index (χ0v) is 19.4. The molecule has 1 saturated heterocycles. The van der Waals surface area contributed by atoms with Gasteiger partial charge in [-0.2, -0.15) is 0 Å². The summed E-state index contributed by atoms with van der Waals surface area (Å²) in [7, 11) is 0. The molecule has 0 saturated carbocycles. The fraction of sp³-hybridized carbons (Fsp3) is 0.500. The van der Waals surface area contributed by atoms with Gasteiger partial charge in [0, 0.05) is 36.3 Å². The van der Waals surface area contributed by atoms with Gasteiger partial charge in [0.15, 0.2) is 0 Å². The second-order valence-corrected chi connectivity index (χ2v) is 8.98. The molecule has 1 aliphatic carbocycles. The van der Waals surface area contributed by atoms with Crippen molar-refractivity contribution in [1.82, 2.24) is 14.8 Å². The number of ether oxygens (including phenoxy) is 1. The number of piperazine rings is 1. The van der Waals surface area contributed by atoms with E-state index < -0.39 is 18.1 Å². The molecule has 1 aromatic carbocycles. The predicted molar refractivity (Wildman–Crippen MR) is 124 cm³/mol. The number of rotatable bonds is 5. The molecule has 1 fully saturated rings. The van der Waals surface area contributed by atoms with Gasteiger partial charge >= 0.3 is 12.1 Å². The van der Waals surface area contributed by atoms with E-state index in [0.29, 0.717) is 29.1 Å². The van der Waals surface area contributed by atoms with Crippen LogP contribution in [0.3, 0.4) is 0 Å². The largest absolute Gasteiger partial charge is 0.481 e. The molecule has 0 radical (unpaired) electrons. The van der Waals surface area contributed by atoms with E-state index in [4.69, 9.17) is 21.3 Å². The summed E-state index contributed by atoms with van der Waals surface area (Å²) < 4.78 is 5.18. The highest BCUT2D eigenvalue weighted by molar-refractivity contribution is 6.36. The number of carboxylic acids is 1. The fourth-order valence-electron chi connectivity index (χ4n) is 4.61. The highest BCUT2D eigenvalue weighted by Gasteiger charge is 2.35. The molecule has 1 aliphatic heterocycles. The Kier molecular flexibility index (Phi) is 7.02. The van der Waals surface area contributed by atoms with Crippen LogP contribution in [0.15, 0.2) is 18.2 Å². The van der Waals surface area contributed by atoms with Crippen LogP contribution in [0.4, 0.5) is 4.79 Å². The van der Waals surface area contributed by atoms with Gasteiger partial charge in [-0.15, -0.1) is 0 Å². The number of aromatic nitrogens is 1. The first kappa shape index (κ1) is 23.3. The van der Waals surface area contributed by atoms with Crippen molar-refractivity contribution in [2.45, 2.75) is 51.5 Å². The number of hydrogen-bond donors (Lipinski definition) is 1. The van der Waals surface area contributed by atoms with Gasteiger partial charge in [0.1, 0.15) is 0 Å². The van der Waals surface area contributed by atoms with E-state index in [1.165, 1.54) is 4.90 Å². The number of carbonyl (C=O) groups is 3. The Hall–Kier alpha value is -2.87. The lowest BCUT2D eigenvalue weighted by molar-refractivity contribution is -0.138. The first-order chi connectivity index (χ1) is 15.9. The van der Waals surface area contributed by atoms with Crippen molar-refractivity contribution in [3.8, 4) is 0 Å². The standard InChI is InChI=1S/C24H28ClN3O5/c1-2-11-33-24(32)27-9-10-28(16(14-27)13-21(29)30)23(31)15-7-8-18-20(12-15)26-19-6-4-3-5-17(19)22(18)25/h7-8,12,16H,2-6,9-11,13-14H2,1H3,(H,29,30). The number of aliphatic carboxylic acids is 1. The van der Waals surface area contributed by atoms with Crippen LogP contribution in [0.5, 0.6) is 0 Å². The van der Waals surface area contributed by atoms with Crippen LogP contribution in [0.1, 0.15) is 54.2 Å². The molecule has 0 spiro atoms. The second-order valence-electron chi connectivity index (χ2n) is 8.60. The Balaban J connectivity index is 1.59. The zero-order chi connectivity index (χ0) is 23.5. The maximum atomic E-state index is 13.4. The monoisotopic (exact) mass is 473 g/mol. The number of carboxylic acid groups (broad SMARTS) is 1. The first-order valence-corrected chi connectivity index (χ1v) is 11.8. The van der Waals surface area contributed by atoms with E-state index in [2.05, 4.69) is 0 Å². The van der Waals surface area contributed by atoms with Gasteiger partial charge in [-0.3, -0.25) is 14.6 Å². The van der Waals surface area contributed by atoms with Crippen LogP contribution >= 0.6 is 11.6 Å². The number of carbonyl (C=O) groups excluding carboxylic acids is 2. The summed E-state index contributed by atoms with van der Waals surface area (Å²) in [5.41, 5.74) is 3.19. The van der Waals surface area contributed by atoms with Crippen LogP contribution in [0.25, 0.3) is 10.9 Å². The quantitative estimate of drug-likeness (QED) is 0.706. The molecular formula is C24H28ClN3O5. The molecule has 4 rings (SSSR count). The Bertz CT molecular complexity index is 1090. The Labute approximate surface area is 197 Å². The molecule has 1 unspecified atom stereocenters. The minimum Gasteiger partial charge on any atom is -0.481 e. The van der Waals surface area contributed by atoms with Crippen molar-refractivity contribution in [3.05, 3.63) is 40.0 Å². The molecule has 2 aliphatic rings. The lowest BCUT2D eigenvalue weighted by Gasteiger charge is -2.40. The summed E-state index contributed by atoms with van der Waals surface area (Å²) in [6.45, 7) is 2.84. The number of hydrogen-bond acceptors (Lipinski definition) is 5. The van der Waals surface area contributed by atoms with Gasteiger partial charge < -0.3 is 19.6 Å². The third kappa shape index (κ3) is 4.90.